The molecule has 0 aromatic heterocycles. The Kier molecular flexibility index (Phi) is 4.87. The molecule has 5 heteroatoms. The van der Waals surface area contributed by atoms with Crippen molar-refractivity contribution in [2.45, 2.75) is 12.8 Å². The van der Waals surface area contributed by atoms with Crippen LogP contribution in [0.3, 0.4) is 0 Å². The van der Waals surface area contributed by atoms with Crippen molar-refractivity contribution >= 4 is 23.1 Å². The first kappa shape index (κ1) is 14.0. The third-order valence-electron chi connectivity index (χ3n) is 3.27. The standard InChI is InChI=1S/C14H18N2O2S/c15-13(19)11-2-1-3-12(8-11)14(17)16-6-4-10-5-7-18-9-10/h1-3,8,10H,4-7,9H2,(H2,15,19)(H,16,17). The lowest BCUT2D eigenvalue weighted by Crippen LogP contribution is -2.26. The molecule has 1 aliphatic heterocycles. The number of amides is 1. The third kappa shape index (κ3) is 4.01. The van der Waals surface area contributed by atoms with E-state index in [0.29, 0.717) is 28.6 Å². The van der Waals surface area contributed by atoms with Gasteiger partial charge < -0.3 is 15.8 Å². The fourth-order valence-electron chi connectivity index (χ4n) is 2.12. The Morgan fingerprint density at radius 1 is 1.47 bits per heavy atom. The van der Waals surface area contributed by atoms with Crippen molar-refractivity contribution in [1.82, 2.24) is 5.32 Å². The maximum atomic E-state index is 12.0. The molecule has 1 heterocycles. The van der Waals surface area contributed by atoms with Gasteiger partial charge in [0.1, 0.15) is 4.99 Å². The van der Waals surface area contributed by atoms with Gasteiger partial charge in [-0.15, -0.1) is 0 Å². The zero-order chi connectivity index (χ0) is 13.7. The molecule has 1 aliphatic rings. The van der Waals surface area contributed by atoms with Gasteiger partial charge in [-0.25, -0.2) is 0 Å². The lowest BCUT2D eigenvalue weighted by Gasteiger charge is -2.09. The predicted molar refractivity (Wildman–Crippen MR) is 78.2 cm³/mol. The van der Waals surface area contributed by atoms with Crippen LogP contribution in [0.4, 0.5) is 0 Å². The van der Waals surface area contributed by atoms with Gasteiger partial charge in [0.05, 0.1) is 0 Å². The number of carbonyl (C=O) groups excluding carboxylic acids is 1. The summed E-state index contributed by atoms with van der Waals surface area (Å²) in [7, 11) is 0. The molecular weight excluding hydrogens is 260 g/mol. The summed E-state index contributed by atoms with van der Waals surface area (Å²) in [5, 5.41) is 2.91. The van der Waals surface area contributed by atoms with Crippen molar-refractivity contribution in [3.63, 3.8) is 0 Å². The Morgan fingerprint density at radius 3 is 2.95 bits per heavy atom. The summed E-state index contributed by atoms with van der Waals surface area (Å²) in [5.74, 6) is 0.486. The number of thiocarbonyl (C=S) groups is 1. The monoisotopic (exact) mass is 278 g/mol. The van der Waals surface area contributed by atoms with E-state index >= 15 is 0 Å². The summed E-state index contributed by atoms with van der Waals surface area (Å²) in [6, 6.07) is 7.06. The summed E-state index contributed by atoms with van der Waals surface area (Å²) in [6.45, 7) is 2.32. The third-order valence-corrected chi connectivity index (χ3v) is 3.51. The minimum Gasteiger partial charge on any atom is -0.389 e. The number of carbonyl (C=O) groups is 1. The SMILES string of the molecule is NC(=S)c1cccc(C(=O)NCCC2CCOC2)c1. The molecule has 1 atom stereocenters. The Balaban J connectivity index is 1.85. The second kappa shape index (κ2) is 6.63. The lowest BCUT2D eigenvalue weighted by atomic mass is 10.1. The fraction of sp³-hybridized carbons (Fsp3) is 0.429. The molecule has 0 saturated carbocycles. The minimum atomic E-state index is -0.0861. The maximum absolute atomic E-state index is 12.0. The summed E-state index contributed by atoms with van der Waals surface area (Å²) in [4.78, 5) is 12.3. The molecule has 0 spiro atoms. The first-order chi connectivity index (χ1) is 9.16. The zero-order valence-corrected chi connectivity index (χ0v) is 11.5. The molecule has 1 aromatic rings. The van der Waals surface area contributed by atoms with E-state index in [4.69, 9.17) is 22.7 Å². The highest BCUT2D eigenvalue weighted by Gasteiger charge is 2.15. The van der Waals surface area contributed by atoms with Crippen LogP contribution in [-0.4, -0.2) is 30.7 Å². The average Bonchev–Trinajstić information content (AvgIpc) is 2.92. The molecule has 102 valence electrons. The summed E-state index contributed by atoms with van der Waals surface area (Å²) >= 11 is 4.90. The van der Waals surface area contributed by atoms with E-state index in [1.54, 1.807) is 24.3 Å². The second-order valence-corrected chi connectivity index (χ2v) is 5.16. The number of benzene rings is 1. The number of nitrogens with two attached hydrogens (primary N) is 1. The van der Waals surface area contributed by atoms with E-state index in [0.717, 1.165) is 26.1 Å². The molecule has 19 heavy (non-hydrogen) atoms. The van der Waals surface area contributed by atoms with Crippen molar-refractivity contribution in [3.05, 3.63) is 35.4 Å². The van der Waals surface area contributed by atoms with Gasteiger partial charge in [-0.2, -0.15) is 0 Å². The Labute approximate surface area is 118 Å². The van der Waals surface area contributed by atoms with Gasteiger partial charge in [0, 0.05) is 30.9 Å². The van der Waals surface area contributed by atoms with Crippen LogP contribution >= 0.6 is 12.2 Å². The van der Waals surface area contributed by atoms with Crippen LogP contribution in [0.1, 0.15) is 28.8 Å². The van der Waals surface area contributed by atoms with Gasteiger partial charge in [0.15, 0.2) is 0 Å². The van der Waals surface area contributed by atoms with E-state index in [1.807, 2.05) is 0 Å². The largest absolute Gasteiger partial charge is 0.389 e. The van der Waals surface area contributed by atoms with Crippen molar-refractivity contribution in [2.75, 3.05) is 19.8 Å². The quantitative estimate of drug-likeness (QED) is 0.801. The van der Waals surface area contributed by atoms with Gasteiger partial charge in [-0.05, 0) is 30.9 Å². The molecule has 2 rings (SSSR count). The number of rotatable bonds is 5. The minimum absolute atomic E-state index is 0.0861. The van der Waals surface area contributed by atoms with Crippen LogP contribution in [-0.2, 0) is 4.74 Å². The van der Waals surface area contributed by atoms with Crippen LogP contribution in [0, 0.1) is 5.92 Å². The Hall–Kier alpha value is -1.46. The van der Waals surface area contributed by atoms with Crippen molar-refractivity contribution in [1.29, 1.82) is 0 Å². The van der Waals surface area contributed by atoms with E-state index < -0.39 is 0 Å². The molecule has 1 amide bonds. The summed E-state index contributed by atoms with van der Waals surface area (Å²) in [6.07, 6.45) is 2.05. The molecular formula is C14H18N2O2S. The molecule has 0 aliphatic carbocycles. The fourth-order valence-corrected chi connectivity index (χ4v) is 2.24. The van der Waals surface area contributed by atoms with Gasteiger partial charge in [0.25, 0.3) is 5.91 Å². The molecule has 1 aromatic carbocycles. The number of hydrogen-bond acceptors (Lipinski definition) is 3. The van der Waals surface area contributed by atoms with Crippen molar-refractivity contribution < 1.29 is 9.53 Å². The molecule has 3 N–H and O–H groups in total. The van der Waals surface area contributed by atoms with Crippen LogP contribution < -0.4 is 11.1 Å². The molecule has 1 fully saturated rings. The highest BCUT2D eigenvalue weighted by molar-refractivity contribution is 7.80. The lowest BCUT2D eigenvalue weighted by molar-refractivity contribution is 0.0950. The van der Waals surface area contributed by atoms with Crippen LogP contribution in [0.2, 0.25) is 0 Å². The highest BCUT2D eigenvalue weighted by Crippen LogP contribution is 2.15. The van der Waals surface area contributed by atoms with Crippen LogP contribution in [0.25, 0.3) is 0 Å². The Bertz CT molecular complexity index is 470. The normalized spacial score (nSPS) is 18.2. The van der Waals surface area contributed by atoms with Crippen molar-refractivity contribution in [3.8, 4) is 0 Å². The van der Waals surface area contributed by atoms with Gasteiger partial charge >= 0.3 is 0 Å². The van der Waals surface area contributed by atoms with Gasteiger partial charge in [-0.1, -0.05) is 24.4 Å². The zero-order valence-electron chi connectivity index (χ0n) is 10.7. The molecule has 1 unspecified atom stereocenters. The first-order valence-corrected chi connectivity index (χ1v) is 6.83. The van der Waals surface area contributed by atoms with Crippen LogP contribution in [0.15, 0.2) is 24.3 Å². The van der Waals surface area contributed by atoms with E-state index in [9.17, 15) is 4.79 Å². The number of hydrogen-bond donors (Lipinski definition) is 2. The average molecular weight is 278 g/mol. The first-order valence-electron chi connectivity index (χ1n) is 6.42. The van der Waals surface area contributed by atoms with Gasteiger partial charge in [0.2, 0.25) is 0 Å². The number of nitrogens with one attached hydrogen (secondary N) is 1. The highest BCUT2D eigenvalue weighted by atomic mass is 32.1. The van der Waals surface area contributed by atoms with E-state index in [2.05, 4.69) is 5.32 Å². The van der Waals surface area contributed by atoms with Gasteiger partial charge in [-0.3, -0.25) is 4.79 Å². The maximum Gasteiger partial charge on any atom is 0.251 e. The predicted octanol–water partition coefficient (Wildman–Crippen LogP) is 1.48. The Morgan fingerprint density at radius 2 is 2.26 bits per heavy atom. The van der Waals surface area contributed by atoms with E-state index in [-0.39, 0.29) is 5.91 Å². The topological polar surface area (TPSA) is 64.4 Å². The molecule has 0 radical (unpaired) electrons. The molecule has 4 nitrogen and oxygen atoms in total. The summed E-state index contributed by atoms with van der Waals surface area (Å²) < 4.78 is 5.30. The molecule has 1 saturated heterocycles. The van der Waals surface area contributed by atoms with Crippen molar-refractivity contribution in [2.24, 2.45) is 11.7 Å². The summed E-state index contributed by atoms with van der Waals surface area (Å²) in [5.41, 5.74) is 6.86. The second-order valence-electron chi connectivity index (χ2n) is 4.72. The smallest absolute Gasteiger partial charge is 0.251 e. The van der Waals surface area contributed by atoms with Crippen LogP contribution in [0.5, 0.6) is 0 Å². The molecule has 0 bridgehead atoms. The van der Waals surface area contributed by atoms with E-state index in [1.165, 1.54) is 0 Å². The number of ether oxygens (including phenoxy) is 1.